The highest BCUT2D eigenvalue weighted by molar-refractivity contribution is 6.22. The first-order chi connectivity index (χ1) is 15.6. The zero-order chi connectivity index (χ0) is 22.1. The monoisotopic (exact) mass is 429 g/mol. The Bertz CT molecular complexity index is 1170. The number of hydrogen-bond acceptors (Lipinski definition) is 5. The Morgan fingerprint density at radius 1 is 0.969 bits per heavy atom. The van der Waals surface area contributed by atoms with Gasteiger partial charge in [-0.3, -0.25) is 28.9 Å². The van der Waals surface area contributed by atoms with Crippen LogP contribution in [-0.4, -0.2) is 50.5 Å². The zero-order valence-electron chi connectivity index (χ0n) is 17.6. The maximum absolute atomic E-state index is 12.5. The van der Waals surface area contributed by atoms with E-state index in [1.807, 2.05) is 16.8 Å². The predicted molar refractivity (Wildman–Crippen MR) is 117 cm³/mol. The van der Waals surface area contributed by atoms with E-state index in [2.05, 4.69) is 10.3 Å². The lowest BCUT2D eigenvalue weighted by molar-refractivity contribution is -0.121. The summed E-state index contributed by atoms with van der Waals surface area (Å²) in [6, 6.07) is 10.6. The highest BCUT2D eigenvalue weighted by Gasteiger charge is 2.36. The summed E-state index contributed by atoms with van der Waals surface area (Å²) in [6.45, 7) is 0.610. The van der Waals surface area contributed by atoms with Crippen LogP contribution in [0.3, 0.4) is 0 Å². The molecule has 0 atom stereocenters. The largest absolute Gasteiger partial charge is 0.353 e. The molecule has 0 saturated heterocycles. The van der Waals surface area contributed by atoms with Gasteiger partial charge in [0.15, 0.2) is 0 Å². The lowest BCUT2D eigenvalue weighted by atomic mass is 9.94. The highest BCUT2D eigenvalue weighted by atomic mass is 16.2. The summed E-state index contributed by atoms with van der Waals surface area (Å²) in [6.07, 6.45) is 7.77. The van der Waals surface area contributed by atoms with Crippen LogP contribution in [0.2, 0.25) is 0 Å². The number of nitrogens with one attached hydrogen (secondary N) is 1. The minimum absolute atomic E-state index is 0.286. The lowest BCUT2D eigenvalue weighted by Gasteiger charge is -2.15. The number of fused-ring (bicyclic) bond motifs is 2. The van der Waals surface area contributed by atoms with Gasteiger partial charge in [0.1, 0.15) is 6.54 Å². The van der Waals surface area contributed by atoms with Crippen LogP contribution in [0.5, 0.6) is 0 Å². The highest BCUT2D eigenvalue weighted by Crippen LogP contribution is 2.31. The van der Waals surface area contributed by atoms with Crippen molar-refractivity contribution in [3.8, 4) is 11.3 Å². The molecular formula is C24H23N5O3. The average molecular weight is 429 g/mol. The number of rotatable bonds is 6. The summed E-state index contributed by atoms with van der Waals surface area (Å²) in [7, 11) is 0. The lowest BCUT2D eigenvalue weighted by Crippen LogP contribution is -2.41. The second kappa shape index (κ2) is 8.37. The van der Waals surface area contributed by atoms with Gasteiger partial charge in [0.2, 0.25) is 5.91 Å². The van der Waals surface area contributed by atoms with E-state index in [4.69, 9.17) is 5.10 Å². The Morgan fingerprint density at radius 3 is 2.38 bits per heavy atom. The number of pyridine rings is 1. The van der Waals surface area contributed by atoms with Crippen molar-refractivity contribution in [2.45, 2.75) is 32.2 Å². The van der Waals surface area contributed by atoms with E-state index in [9.17, 15) is 14.4 Å². The van der Waals surface area contributed by atoms with Crippen LogP contribution in [0.15, 0.2) is 48.8 Å². The molecule has 3 heterocycles. The molecule has 1 aliphatic carbocycles. The zero-order valence-corrected chi connectivity index (χ0v) is 17.6. The molecular weight excluding hydrogens is 406 g/mol. The first kappa shape index (κ1) is 20.1. The Labute approximate surface area is 185 Å². The normalized spacial score (nSPS) is 14.9. The van der Waals surface area contributed by atoms with Crippen LogP contribution < -0.4 is 5.32 Å². The third-order valence-corrected chi connectivity index (χ3v) is 6.04. The minimum atomic E-state index is -0.427. The van der Waals surface area contributed by atoms with Crippen LogP contribution in [0, 0.1) is 0 Å². The van der Waals surface area contributed by atoms with E-state index in [0.717, 1.165) is 41.8 Å². The average Bonchev–Trinajstić information content (AvgIpc) is 3.31. The fourth-order valence-corrected chi connectivity index (χ4v) is 4.48. The van der Waals surface area contributed by atoms with Gasteiger partial charge < -0.3 is 5.32 Å². The molecule has 2 aliphatic rings. The van der Waals surface area contributed by atoms with E-state index in [0.29, 0.717) is 24.2 Å². The van der Waals surface area contributed by atoms with Crippen molar-refractivity contribution in [1.82, 2.24) is 25.0 Å². The number of carbonyl (C=O) groups is 3. The molecule has 1 aromatic carbocycles. The van der Waals surface area contributed by atoms with Crippen molar-refractivity contribution in [3.05, 3.63) is 71.2 Å². The molecule has 3 aromatic rings. The molecule has 3 amide bonds. The molecule has 0 fully saturated rings. The molecule has 1 N–H and O–H groups in total. The van der Waals surface area contributed by atoms with E-state index in [-0.39, 0.29) is 12.5 Å². The van der Waals surface area contributed by atoms with Crippen molar-refractivity contribution in [2.24, 2.45) is 0 Å². The number of benzene rings is 1. The Balaban J connectivity index is 1.24. The van der Waals surface area contributed by atoms with Gasteiger partial charge in [-0.1, -0.05) is 12.1 Å². The summed E-state index contributed by atoms with van der Waals surface area (Å²) in [5.74, 6) is -1.22. The van der Waals surface area contributed by atoms with Crippen LogP contribution in [0.25, 0.3) is 11.3 Å². The van der Waals surface area contributed by atoms with Crippen LogP contribution in [-0.2, 0) is 24.2 Å². The van der Waals surface area contributed by atoms with Crippen LogP contribution >= 0.6 is 0 Å². The van der Waals surface area contributed by atoms with Crippen molar-refractivity contribution < 1.29 is 14.4 Å². The second-order valence-electron chi connectivity index (χ2n) is 8.03. The van der Waals surface area contributed by atoms with Crippen LogP contribution in [0.1, 0.15) is 44.8 Å². The number of nitrogens with zero attached hydrogens (tertiary/aromatic N) is 4. The van der Waals surface area contributed by atoms with Gasteiger partial charge in [-0.05, 0) is 49.9 Å². The Morgan fingerprint density at radius 2 is 1.66 bits per heavy atom. The standard InChI is InChI=1S/C24H23N5O3/c30-21(15-28-23(31)17-5-1-2-6-18(17)24(28)32)26-13-14-29-20-8-4-3-7-19(20)22(27-29)16-9-11-25-12-10-16/h1-2,5-6,9-12H,3-4,7-8,13-15H2,(H,26,30). The minimum Gasteiger partial charge on any atom is -0.353 e. The molecule has 8 heteroatoms. The maximum Gasteiger partial charge on any atom is 0.262 e. The molecule has 32 heavy (non-hydrogen) atoms. The number of hydrogen-bond donors (Lipinski definition) is 1. The summed E-state index contributed by atoms with van der Waals surface area (Å²) >= 11 is 0. The van der Waals surface area contributed by atoms with Gasteiger partial charge in [0, 0.05) is 35.8 Å². The summed E-state index contributed by atoms with van der Waals surface area (Å²) in [4.78, 5) is 42.4. The third-order valence-electron chi connectivity index (χ3n) is 6.04. The maximum atomic E-state index is 12.5. The number of imide groups is 1. The Hall–Kier alpha value is -3.81. The van der Waals surface area contributed by atoms with Gasteiger partial charge in [-0.2, -0.15) is 5.10 Å². The summed E-state index contributed by atoms with van der Waals surface area (Å²) in [5.41, 5.74) is 5.22. The van der Waals surface area contributed by atoms with Gasteiger partial charge in [-0.15, -0.1) is 0 Å². The number of carbonyl (C=O) groups excluding carboxylic acids is 3. The van der Waals surface area contributed by atoms with E-state index < -0.39 is 11.8 Å². The van der Waals surface area contributed by atoms with Gasteiger partial charge in [-0.25, -0.2) is 0 Å². The molecule has 8 nitrogen and oxygen atoms in total. The van der Waals surface area contributed by atoms with Gasteiger partial charge in [0.25, 0.3) is 11.8 Å². The number of aromatic nitrogens is 3. The van der Waals surface area contributed by atoms with Gasteiger partial charge >= 0.3 is 0 Å². The molecule has 0 spiro atoms. The van der Waals surface area contributed by atoms with Gasteiger partial charge in [0.05, 0.1) is 23.4 Å². The summed E-state index contributed by atoms with van der Waals surface area (Å²) < 4.78 is 1.98. The van der Waals surface area contributed by atoms with E-state index >= 15 is 0 Å². The first-order valence-electron chi connectivity index (χ1n) is 10.8. The number of amides is 3. The molecule has 162 valence electrons. The topological polar surface area (TPSA) is 97.2 Å². The fraction of sp³-hybridized carbons (Fsp3) is 0.292. The van der Waals surface area contributed by atoms with Crippen molar-refractivity contribution in [1.29, 1.82) is 0 Å². The van der Waals surface area contributed by atoms with Crippen molar-refractivity contribution in [2.75, 3.05) is 13.1 Å². The molecule has 0 saturated carbocycles. The molecule has 5 rings (SSSR count). The van der Waals surface area contributed by atoms with E-state index in [1.54, 1.807) is 36.7 Å². The molecule has 1 aliphatic heterocycles. The van der Waals surface area contributed by atoms with Crippen LogP contribution in [0.4, 0.5) is 0 Å². The second-order valence-corrected chi connectivity index (χ2v) is 8.03. The smallest absolute Gasteiger partial charge is 0.262 e. The molecule has 0 bridgehead atoms. The molecule has 0 unspecified atom stereocenters. The third kappa shape index (κ3) is 3.57. The molecule has 0 radical (unpaired) electrons. The predicted octanol–water partition coefficient (Wildman–Crippen LogP) is 2.24. The quantitative estimate of drug-likeness (QED) is 0.606. The van der Waals surface area contributed by atoms with Crippen molar-refractivity contribution in [3.63, 3.8) is 0 Å². The first-order valence-corrected chi connectivity index (χ1v) is 10.8. The fourth-order valence-electron chi connectivity index (χ4n) is 4.48. The Kier molecular flexibility index (Phi) is 5.26. The summed E-state index contributed by atoms with van der Waals surface area (Å²) in [5, 5.41) is 7.66. The van der Waals surface area contributed by atoms with E-state index in [1.165, 1.54) is 11.3 Å². The van der Waals surface area contributed by atoms with Crippen molar-refractivity contribution >= 4 is 17.7 Å². The molecule has 2 aromatic heterocycles. The SMILES string of the molecule is O=C(CN1C(=O)c2ccccc2C1=O)NCCn1nc(-c2ccncc2)c2c1CCCC2.